The van der Waals surface area contributed by atoms with Gasteiger partial charge in [-0.1, -0.05) is 6.92 Å². The maximum atomic E-state index is 13.6. The molecular weight excluding hydrogens is 233 g/mol. The number of aliphatic carboxylic acids is 1. The average Bonchev–Trinajstić information content (AvgIpc) is 2.63. The Morgan fingerprint density at radius 1 is 1.56 bits per heavy atom. The summed E-state index contributed by atoms with van der Waals surface area (Å²) >= 11 is 1.50. The predicted octanol–water partition coefficient (Wildman–Crippen LogP) is 1.15. The zero-order chi connectivity index (χ0) is 12.2. The van der Waals surface area contributed by atoms with Crippen molar-refractivity contribution in [1.82, 2.24) is 4.90 Å². The molecule has 16 heavy (non-hydrogen) atoms. The van der Waals surface area contributed by atoms with Crippen LogP contribution in [0.4, 0.5) is 4.39 Å². The summed E-state index contributed by atoms with van der Waals surface area (Å²) in [4.78, 5) is 23.5. The number of halogens is 1. The molecule has 1 atom stereocenters. The summed E-state index contributed by atoms with van der Waals surface area (Å²) in [7, 11) is 0. The predicted molar refractivity (Wildman–Crippen MR) is 60.3 cm³/mol. The van der Waals surface area contributed by atoms with Crippen molar-refractivity contribution in [2.45, 2.75) is 25.4 Å². The molecule has 0 aromatic heterocycles. The lowest BCUT2D eigenvalue weighted by molar-refractivity contribution is -0.150. The number of carboxylic acids is 1. The third kappa shape index (κ3) is 3.10. The normalized spacial score (nSPS) is 24.8. The van der Waals surface area contributed by atoms with Gasteiger partial charge in [0.15, 0.2) is 0 Å². The SMILES string of the molecule is CCCSCC(=O)N1CCC(F)(C(=O)O)C1. The Kier molecular flexibility index (Phi) is 4.58. The highest BCUT2D eigenvalue weighted by atomic mass is 32.2. The summed E-state index contributed by atoms with van der Waals surface area (Å²) < 4.78 is 13.6. The van der Waals surface area contributed by atoms with E-state index in [-0.39, 0.29) is 25.4 Å². The molecule has 1 saturated heterocycles. The fourth-order valence-electron chi connectivity index (χ4n) is 1.56. The quantitative estimate of drug-likeness (QED) is 0.743. The van der Waals surface area contributed by atoms with Gasteiger partial charge >= 0.3 is 5.97 Å². The van der Waals surface area contributed by atoms with Gasteiger partial charge in [-0.25, -0.2) is 9.18 Å². The number of carboxylic acid groups (broad SMARTS) is 1. The maximum absolute atomic E-state index is 13.6. The van der Waals surface area contributed by atoms with E-state index in [1.165, 1.54) is 16.7 Å². The monoisotopic (exact) mass is 249 g/mol. The van der Waals surface area contributed by atoms with Gasteiger partial charge in [0, 0.05) is 13.0 Å². The van der Waals surface area contributed by atoms with Crippen LogP contribution >= 0.6 is 11.8 Å². The number of hydrogen-bond donors (Lipinski definition) is 1. The molecule has 1 heterocycles. The number of thioether (sulfide) groups is 1. The van der Waals surface area contributed by atoms with Gasteiger partial charge in [-0.15, -0.1) is 0 Å². The van der Waals surface area contributed by atoms with E-state index in [9.17, 15) is 14.0 Å². The second-order valence-electron chi connectivity index (χ2n) is 3.89. The molecular formula is C10H16FNO3S. The molecule has 0 aromatic carbocycles. The van der Waals surface area contributed by atoms with Gasteiger partial charge in [0.1, 0.15) is 0 Å². The third-order valence-electron chi connectivity index (χ3n) is 2.53. The fourth-order valence-corrected chi connectivity index (χ4v) is 2.35. The first-order valence-electron chi connectivity index (χ1n) is 5.27. The van der Waals surface area contributed by atoms with E-state index in [4.69, 9.17) is 5.11 Å². The molecule has 1 amide bonds. The molecule has 1 aliphatic rings. The first-order valence-corrected chi connectivity index (χ1v) is 6.43. The number of alkyl halides is 1. The second-order valence-corrected chi connectivity index (χ2v) is 4.99. The molecule has 0 aliphatic carbocycles. The smallest absolute Gasteiger partial charge is 0.343 e. The van der Waals surface area contributed by atoms with Crippen LogP contribution in [0.5, 0.6) is 0 Å². The van der Waals surface area contributed by atoms with E-state index >= 15 is 0 Å². The van der Waals surface area contributed by atoms with Crippen molar-refractivity contribution in [3.8, 4) is 0 Å². The summed E-state index contributed by atoms with van der Waals surface area (Å²) in [5, 5.41) is 8.67. The van der Waals surface area contributed by atoms with Gasteiger partial charge in [0.25, 0.3) is 0 Å². The van der Waals surface area contributed by atoms with Gasteiger partial charge in [-0.3, -0.25) is 4.79 Å². The van der Waals surface area contributed by atoms with E-state index in [0.717, 1.165) is 12.2 Å². The van der Waals surface area contributed by atoms with Crippen molar-refractivity contribution in [3.63, 3.8) is 0 Å². The Bertz CT molecular complexity index is 287. The van der Waals surface area contributed by atoms with E-state index in [0.29, 0.717) is 5.75 Å². The summed E-state index contributed by atoms with van der Waals surface area (Å²) in [6, 6.07) is 0. The highest BCUT2D eigenvalue weighted by Gasteiger charge is 2.46. The van der Waals surface area contributed by atoms with Crippen LogP contribution in [0.2, 0.25) is 0 Å². The first-order chi connectivity index (χ1) is 7.49. The van der Waals surface area contributed by atoms with E-state index in [1.807, 2.05) is 6.92 Å². The zero-order valence-electron chi connectivity index (χ0n) is 9.24. The Morgan fingerprint density at radius 2 is 2.25 bits per heavy atom. The van der Waals surface area contributed by atoms with Gasteiger partial charge in [0.05, 0.1) is 12.3 Å². The molecule has 0 aromatic rings. The molecule has 1 aliphatic heterocycles. The number of amides is 1. The number of likely N-dealkylation sites (tertiary alicyclic amines) is 1. The zero-order valence-corrected chi connectivity index (χ0v) is 10.1. The Balaban J connectivity index is 2.41. The van der Waals surface area contributed by atoms with Crippen LogP contribution in [0, 0.1) is 0 Å². The minimum Gasteiger partial charge on any atom is -0.479 e. The van der Waals surface area contributed by atoms with Gasteiger partial charge in [-0.05, 0) is 12.2 Å². The largest absolute Gasteiger partial charge is 0.479 e. The standard InChI is InChI=1S/C10H16FNO3S/c1-2-5-16-6-8(13)12-4-3-10(11,7-12)9(14)15/h2-7H2,1H3,(H,14,15). The van der Waals surface area contributed by atoms with Crippen molar-refractivity contribution in [3.05, 3.63) is 0 Å². The molecule has 92 valence electrons. The molecule has 1 fully saturated rings. The van der Waals surface area contributed by atoms with Gasteiger partial charge in [-0.2, -0.15) is 11.8 Å². The molecule has 0 saturated carbocycles. The van der Waals surface area contributed by atoms with E-state index < -0.39 is 11.6 Å². The number of hydrogen-bond acceptors (Lipinski definition) is 3. The lowest BCUT2D eigenvalue weighted by Gasteiger charge is -2.17. The maximum Gasteiger partial charge on any atom is 0.343 e. The van der Waals surface area contributed by atoms with Crippen LogP contribution in [0.3, 0.4) is 0 Å². The Labute approximate surface area is 98.2 Å². The molecule has 0 radical (unpaired) electrons. The van der Waals surface area contributed by atoms with E-state index in [1.54, 1.807) is 0 Å². The lowest BCUT2D eigenvalue weighted by Crippen LogP contribution is -2.39. The number of carbonyl (C=O) groups excluding carboxylic acids is 1. The third-order valence-corrected chi connectivity index (χ3v) is 3.68. The van der Waals surface area contributed by atoms with Crippen LogP contribution in [0.25, 0.3) is 0 Å². The van der Waals surface area contributed by atoms with Crippen LogP contribution in [-0.4, -0.2) is 52.1 Å². The summed E-state index contributed by atoms with van der Waals surface area (Å²) in [6.45, 7) is 1.91. The van der Waals surface area contributed by atoms with Crippen molar-refractivity contribution in [2.75, 3.05) is 24.6 Å². The molecule has 1 rings (SSSR count). The van der Waals surface area contributed by atoms with Crippen molar-refractivity contribution >= 4 is 23.6 Å². The summed E-state index contributed by atoms with van der Waals surface area (Å²) in [5.41, 5.74) is -2.24. The number of carbonyl (C=O) groups is 2. The van der Waals surface area contributed by atoms with Crippen molar-refractivity contribution < 1.29 is 19.1 Å². The van der Waals surface area contributed by atoms with Crippen LogP contribution < -0.4 is 0 Å². The van der Waals surface area contributed by atoms with Crippen molar-refractivity contribution in [2.24, 2.45) is 0 Å². The fraction of sp³-hybridized carbons (Fsp3) is 0.800. The minimum atomic E-state index is -2.24. The van der Waals surface area contributed by atoms with Crippen molar-refractivity contribution in [1.29, 1.82) is 0 Å². The molecule has 0 bridgehead atoms. The molecule has 4 nitrogen and oxygen atoms in total. The topological polar surface area (TPSA) is 57.6 Å². The summed E-state index contributed by atoms with van der Waals surface area (Å²) in [6.07, 6.45) is 0.882. The number of rotatable bonds is 5. The first kappa shape index (κ1) is 13.3. The number of nitrogens with zero attached hydrogens (tertiary/aromatic N) is 1. The average molecular weight is 249 g/mol. The molecule has 6 heteroatoms. The minimum absolute atomic E-state index is 0.105. The lowest BCUT2D eigenvalue weighted by atomic mass is 10.1. The molecule has 1 unspecified atom stereocenters. The Hall–Kier alpha value is -0.780. The van der Waals surface area contributed by atoms with Crippen LogP contribution in [0.1, 0.15) is 19.8 Å². The van der Waals surface area contributed by atoms with Gasteiger partial charge < -0.3 is 10.0 Å². The summed E-state index contributed by atoms with van der Waals surface area (Å²) in [5.74, 6) is -0.439. The highest BCUT2D eigenvalue weighted by molar-refractivity contribution is 7.99. The van der Waals surface area contributed by atoms with Gasteiger partial charge in [0.2, 0.25) is 11.6 Å². The van der Waals surface area contributed by atoms with E-state index in [2.05, 4.69) is 0 Å². The van der Waals surface area contributed by atoms with Crippen LogP contribution in [-0.2, 0) is 9.59 Å². The highest BCUT2D eigenvalue weighted by Crippen LogP contribution is 2.26. The Morgan fingerprint density at radius 3 is 2.75 bits per heavy atom. The molecule has 1 N–H and O–H groups in total. The molecule has 0 spiro atoms. The second kappa shape index (κ2) is 5.52. The van der Waals surface area contributed by atoms with Crippen LogP contribution in [0.15, 0.2) is 0 Å².